The van der Waals surface area contributed by atoms with E-state index in [-0.39, 0.29) is 0 Å². The highest BCUT2D eigenvalue weighted by Gasteiger charge is 2.21. The van der Waals surface area contributed by atoms with Gasteiger partial charge in [-0.2, -0.15) is 0 Å². The van der Waals surface area contributed by atoms with Gasteiger partial charge in [-0.1, -0.05) is 0 Å². The first-order chi connectivity index (χ1) is 8.81. The first-order valence-electron chi connectivity index (χ1n) is 7.27. The van der Waals surface area contributed by atoms with Gasteiger partial charge in [0.1, 0.15) is 5.82 Å². The number of piperidine rings is 1. The van der Waals surface area contributed by atoms with Gasteiger partial charge >= 0.3 is 0 Å². The highest BCUT2D eigenvalue weighted by molar-refractivity contribution is 5.10. The molecular weight excluding hydrogens is 224 g/mol. The second-order valence-corrected chi connectivity index (χ2v) is 5.88. The summed E-state index contributed by atoms with van der Waals surface area (Å²) in [6.45, 7) is 3.58. The van der Waals surface area contributed by atoms with E-state index in [0.717, 1.165) is 12.2 Å². The van der Waals surface area contributed by atoms with Gasteiger partial charge in [0.05, 0.1) is 0 Å². The molecule has 1 aromatic rings. The maximum atomic E-state index is 4.57. The second-order valence-electron chi connectivity index (χ2n) is 5.88. The Morgan fingerprint density at radius 3 is 3.11 bits per heavy atom. The highest BCUT2D eigenvalue weighted by atomic mass is 15.1. The summed E-state index contributed by atoms with van der Waals surface area (Å²) >= 11 is 0. The lowest BCUT2D eigenvalue weighted by atomic mass is 9.96. The van der Waals surface area contributed by atoms with Crippen molar-refractivity contribution in [3.63, 3.8) is 0 Å². The van der Waals surface area contributed by atoms with Gasteiger partial charge in [0.2, 0.25) is 0 Å². The van der Waals surface area contributed by atoms with Crippen LogP contribution in [0.15, 0.2) is 6.20 Å². The minimum absolute atomic E-state index is 0.637. The quantitative estimate of drug-likeness (QED) is 0.852. The van der Waals surface area contributed by atoms with Gasteiger partial charge in [-0.3, -0.25) is 0 Å². The van der Waals surface area contributed by atoms with Crippen molar-refractivity contribution in [3.8, 4) is 0 Å². The predicted molar refractivity (Wildman–Crippen MR) is 72.8 cm³/mol. The number of H-pyrrole nitrogens is 1. The van der Waals surface area contributed by atoms with Crippen molar-refractivity contribution in [2.75, 3.05) is 26.7 Å². The van der Waals surface area contributed by atoms with E-state index in [0.29, 0.717) is 12.0 Å². The molecule has 2 aliphatic heterocycles. The van der Waals surface area contributed by atoms with Crippen LogP contribution in [-0.4, -0.2) is 47.6 Å². The number of hydrogen-bond donors (Lipinski definition) is 2. The second kappa shape index (κ2) is 5.41. The van der Waals surface area contributed by atoms with E-state index in [9.17, 15) is 0 Å². The van der Waals surface area contributed by atoms with E-state index in [1.165, 1.54) is 51.0 Å². The summed E-state index contributed by atoms with van der Waals surface area (Å²) in [4.78, 5) is 10.5. The van der Waals surface area contributed by atoms with Crippen LogP contribution in [-0.2, 0) is 6.42 Å². The van der Waals surface area contributed by atoms with Crippen LogP contribution >= 0.6 is 0 Å². The van der Waals surface area contributed by atoms with Gasteiger partial charge in [0.15, 0.2) is 0 Å². The molecule has 18 heavy (non-hydrogen) atoms. The summed E-state index contributed by atoms with van der Waals surface area (Å²) in [7, 11) is 2.21. The molecule has 100 valence electrons. The Labute approximate surface area is 109 Å². The normalized spacial score (nSPS) is 29.8. The number of imidazole rings is 1. The van der Waals surface area contributed by atoms with Crippen molar-refractivity contribution in [1.82, 2.24) is 20.2 Å². The monoisotopic (exact) mass is 248 g/mol. The molecular formula is C14H24N4. The maximum absolute atomic E-state index is 4.57. The Kier molecular flexibility index (Phi) is 3.66. The Morgan fingerprint density at radius 2 is 2.33 bits per heavy atom. The molecule has 0 saturated carbocycles. The summed E-state index contributed by atoms with van der Waals surface area (Å²) in [5.74, 6) is 1.82. The zero-order valence-corrected chi connectivity index (χ0v) is 11.3. The molecule has 0 spiro atoms. The van der Waals surface area contributed by atoms with Crippen LogP contribution in [0.1, 0.15) is 43.1 Å². The lowest BCUT2D eigenvalue weighted by Gasteiger charge is -2.28. The van der Waals surface area contributed by atoms with Crippen LogP contribution < -0.4 is 5.32 Å². The molecule has 0 aromatic carbocycles. The maximum Gasteiger partial charge on any atom is 0.107 e. The highest BCUT2D eigenvalue weighted by Crippen LogP contribution is 2.25. The number of hydrogen-bond acceptors (Lipinski definition) is 3. The van der Waals surface area contributed by atoms with Gasteiger partial charge in [0, 0.05) is 36.8 Å². The zero-order chi connectivity index (χ0) is 12.4. The Bertz CT molecular complexity index is 381. The van der Waals surface area contributed by atoms with Crippen molar-refractivity contribution in [2.45, 2.75) is 44.1 Å². The van der Waals surface area contributed by atoms with Crippen molar-refractivity contribution >= 4 is 0 Å². The van der Waals surface area contributed by atoms with E-state index < -0.39 is 0 Å². The molecule has 2 aliphatic rings. The molecule has 3 rings (SSSR count). The Balaban J connectivity index is 1.61. The van der Waals surface area contributed by atoms with Crippen LogP contribution in [0.25, 0.3) is 0 Å². The average molecular weight is 248 g/mol. The van der Waals surface area contributed by atoms with Gasteiger partial charge in [0.25, 0.3) is 0 Å². The molecule has 2 atom stereocenters. The Hall–Kier alpha value is -0.870. The third-order valence-electron chi connectivity index (χ3n) is 4.31. The van der Waals surface area contributed by atoms with Crippen molar-refractivity contribution < 1.29 is 0 Å². The summed E-state index contributed by atoms with van der Waals surface area (Å²) < 4.78 is 0. The molecule has 0 radical (unpaired) electrons. The fourth-order valence-corrected chi connectivity index (χ4v) is 3.27. The first-order valence-corrected chi connectivity index (χ1v) is 7.27. The molecule has 0 aliphatic carbocycles. The summed E-state index contributed by atoms with van der Waals surface area (Å²) in [6.07, 6.45) is 8.33. The van der Waals surface area contributed by atoms with Crippen LogP contribution in [0.2, 0.25) is 0 Å². The lowest BCUT2D eigenvalue weighted by molar-refractivity contribution is 0.248. The summed E-state index contributed by atoms with van der Waals surface area (Å²) in [6, 6.07) is 0.637. The molecule has 2 saturated heterocycles. The average Bonchev–Trinajstić information content (AvgIpc) is 3.01. The number of likely N-dealkylation sites (N-methyl/N-ethyl adjacent to an activating group) is 1. The van der Waals surface area contributed by atoms with Crippen molar-refractivity contribution in [1.29, 1.82) is 0 Å². The molecule has 1 aromatic heterocycles. The van der Waals surface area contributed by atoms with Crippen LogP contribution in [0, 0.1) is 0 Å². The smallest absolute Gasteiger partial charge is 0.107 e. The fraction of sp³-hybridized carbons (Fsp3) is 0.786. The molecule has 4 heteroatoms. The van der Waals surface area contributed by atoms with Gasteiger partial charge < -0.3 is 15.2 Å². The molecule has 3 heterocycles. The third kappa shape index (κ3) is 2.75. The number of aromatic nitrogens is 2. The van der Waals surface area contributed by atoms with Crippen molar-refractivity contribution in [3.05, 3.63) is 17.7 Å². The summed E-state index contributed by atoms with van der Waals surface area (Å²) in [5.41, 5.74) is 1.34. The van der Waals surface area contributed by atoms with E-state index in [1.54, 1.807) is 0 Å². The minimum atomic E-state index is 0.637. The largest absolute Gasteiger partial charge is 0.346 e. The number of nitrogens with zero attached hydrogens (tertiary/aromatic N) is 2. The van der Waals surface area contributed by atoms with Crippen LogP contribution in [0.3, 0.4) is 0 Å². The zero-order valence-electron chi connectivity index (χ0n) is 11.3. The minimum Gasteiger partial charge on any atom is -0.346 e. The predicted octanol–water partition coefficient (Wildman–Crippen LogP) is 1.51. The molecule has 2 unspecified atom stereocenters. The Morgan fingerprint density at radius 1 is 1.39 bits per heavy atom. The SMILES string of the molecule is CN1CCCC(c2cnc(CC3CCCN3)[nH]2)C1. The van der Waals surface area contributed by atoms with Gasteiger partial charge in [-0.25, -0.2) is 4.98 Å². The van der Waals surface area contributed by atoms with E-state index >= 15 is 0 Å². The number of aromatic amines is 1. The number of likely N-dealkylation sites (tertiary alicyclic amines) is 1. The van der Waals surface area contributed by atoms with Crippen LogP contribution in [0.5, 0.6) is 0 Å². The number of rotatable bonds is 3. The van der Waals surface area contributed by atoms with Gasteiger partial charge in [-0.05, 0) is 45.8 Å². The topological polar surface area (TPSA) is 44.0 Å². The van der Waals surface area contributed by atoms with E-state index in [1.807, 2.05) is 0 Å². The van der Waals surface area contributed by atoms with E-state index in [2.05, 4.69) is 33.4 Å². The van der Waals surface area contributed by atoms with Crippen molar-refractivity contribution in [2.24, 2.45) is 0 Å². The van der Waals surface area contributed by atoms with E-state index in [4.69, 9.17) is 0 Å². The molecule has 0 bridgehead atoms. The molecule has 0 amide bonds. The van der Waals surface area contributed by atoms with Crippen LogP contribution in [0.4, 0.5) is 0 Å². The lowest BCUT2D eigenvalue weighted by Crippen LogP contribution is -2.31. The first kappa shape index (κ1) is 12.2. The fourth-order valence-electron chi connectivity index (χ4n) is 3.27. The molecule has 4 nitrogen and oxygen atoms in total. The third-order valence-corrected chi connectivity index (χ3v) is 4.31. The standard InChI is InChI=1S/C14H24N4/c1-18-7-3-4-11(10-18)13-9-16-14(17-13)8-12-5-2-6-15-12/h9,11-12,15H,2-8,10H2,1H3,(H,16,17). The molecule has 2 N–H and O–H groups in total. The van der Waals surface area contributed by atoms with Gasteiger partial charge in [-0.15, -0.1) is 0 Å². The molecule has 2 fully saturated rings. The number of nitrogens with one attached hydrogen (secondary N) is 2. The summed E-state index contributed by atoms with van der Waals surface area (Å²) in [5, 5.41) is 3.53.